The minimum atomic E-state index is -3.55. The van der Waals surface area contributed by atoms with Crippen LogP contribution < -0.4 is 10.1 Å². The molecule has 0 unspecified atom stereocenters. The Morgan fingerprint density at radius 1 is 1.30 bits per heavy atom. The van der Waals surface area contributed by atoms with Gasteiger partial charge >= 0.3 is 0 Å². The molecule has 0 aliphatic carbocycles. The standard InChI is InChI=1S/C20H32N2O4S/c1-5-7-16(4)21-20(23)17-10-12-22(13-11-17)27(24,25)18-8-9-19(26-6-2)15(3)14-18/h8-9,14,16-17H,5-7,10-13H2,1-4H3,(H,21,23)/t16-/m0/s1. The van der Waals surface area contributed by atoms with Gasteiger partial charge in [-0.05, 0) is 63.8 Å². The SMILES string of the molecule is CCC[C@H](C)NC(=O)C1CCN(S(=O)(=O)c2ccc(OCC)c(C)c2)CC1. The lowest BCUT2D eigenvalue weighted by Crippen LogP contribution is -2.44. The largest absolute Gasteiger partial charge is 0.494 e. The molecule has 0 aromatic heterocycles. The van der Waals surface area contributed by atoms with Crippen molar-refractivity contribution in [2.24, 2.45) is 5.92 Å². The van der Waals surface area contributed by atoms with Crippen LogP contribution in [0, 0.1) is 12.8 Å². The number of nitrogens with one attached hydrogen (secondary N) is 1. The van der Waals surface area contributed by atoms with Crippen molar-refractivity contribution in [3.63, 3.8) is 0 Å². The highest BCUT2D eigenvalue weighted by Gasteiger charge is 2.32. The first-order valence-electron chi connectivity index (χ1n) is 9.83. The third-order valence-electron chi connectivity index (χ3n) is 5.02. The van der Waals surface area contributed by atoms with E-state index in [9.17, 15) is 13.2 Å². The second kappa shape index (κ2) is 9.55. The third-order valence-corrected chi connectivity index (χ3v) is 6.91. The average Bonchev–Trinajstić information content (AvgIpc) is 2.63. The Morgan fingerprint density at radius 2 is 1.96 bits per heavy atom. The van der Waals surface area contributed by atoms with E-state index in [1.54, 1.807) is 18.2 Å². The van der Waals surface area contributed by atoms with E-state index in [1.165, 1.54) is 4.31 Å². The van der Waals surface area contributed by atoms with Crippen LogP contribution in [0.15, 0.2) is 23.1 Å². The number of piperidine rings is 1. The Labute approximate surface area is 163 Å². The zero-order chi connectivity index (χ0) is 20.0. The van der Waals surface area contributed by atoms with Crippen LogP contribution in [-0.2, 0) is 14.8 Å². The van der Waals surface area contributed by atoms with Crippen LogP contribution in [0.2, 0.25) is 0 Å². The fourth-order valence-electron chi connectivity index (χ4n) is 3.47. The number of ether oxygens (including phenoxy) is 1. The highest BCUT2D eigenvalue weighted by molar-refractivity contribution is 7.89. The number of benzene rings is 1. The molecule has 7 heteroatoms. The van der Waals surface area contributed by atoms with Gasteiger partial charge in [-0.15, -0.1) is 0 Å². The van der Waals surface area contributed by atoms with Gasteiger partial charge in [0, 0.05) is 25.0 Å². The molecule has 1 aromatic rings. The molecule has 1 aliphatic rings. The topological polar surface area (TPSA) is 75.7 Å². The maximum Gasteiger partial charge on any atom is 0.243 e. The predicted molar refractivity (Wildman–Crippen MR) is 106 cm³/mol. The molecular formula is C20H32N2O4S. The molecule has 1 heterocycles. The van der Waals surface area contributed by atoms with Gasteiger partial charge in [-0.1, -0.05) is 13.3 Å². The molecule has 1 atom stereocenters. The predicted octanol–water partition coefficient (Wildman–Crippen LogP) is 3.10. The van der Waals surface area contributed by atoms with E-state index < -0.39 is 10.0 Å². The lowest BCUT2D eigenvalue weighted by molar-refractivity contribution is -0.126. The van der Waals surface area contributed by atoms with Crippen molar-refractivity contribution in [2.75, 3.05) is 19.7 Å². The lowest BCUT2D eigenvalue weighted by Gasteiger charge is -2.31. The van der Waals surface area contributed by atoms with E-state index in [0.29, 0.717) is 38.3 Å². The molecule has 1 aliphatic heterocycles. The first kappa shape index (κ1) is 21.7. The fourth-order valence-corrected chi connectivity index (χ4v) is 5.03. The smallest absolute Gasteiger partial charge is 0.243 e. The Bertz CT molecular complexity index is 740. The van der Waals surface area contributed by atoms with Gasteiger partial charge in [0.2, 0.25) is 15.9 Å². The molecule has 1 saturated heterocycles. The molecule has 27 heavy (non-hydrogen) atoms. The monoisotopic (exact) mass is 396 g/mol. The van der Waals surface area contributed by atoms with Crippen molar-refractivity contribution in [3.05, 3.63) is 23.8 Å². The number of nitrogens with zero attached hydrogens (tertiary/aromatic N) is 1. The molecule has 0 radical (unpaired) electrons. The first-order valence-corrected chi connectivity index (χ1v) is 11.3. The number of aryl methyl sites for hydroxylation is 1. The maximum absolute atomic E-state index is 12.9. The minimum Gasteiger partial charge on any atom is -0.494 e. The number of rotatable bonds is 8. The van der Waals surface area contributed by atoms with Crippen LogP contribution in [0.3, 0.4) is 0 Å². The summed E-state index contributed by atoms with van der Waals surface area (Å²) in [5, 5.41) is 3.04. The van der Waals surface area contributed by atoms with Gasteiger partial charge in [0.25, 0.3) is 0 Å². The number of hydrogen-bond acceptors (Lipinski definition) is 4. The summed E-state index contributed by atoms with van der Waals surface area (Å²) in [5.74, 6) is 0.635. The second-order valence-corrected chi connectivity index (χ2v) is 9.17. The first-order chi connectivity index (χ1) is 12.8. The molecule has 0 bridgehead atoms. The minimum absolute atomic E-state index is 0.0462. The van der Waals surface area contributed by atoms with Crippen LogP contribution in [-0.4, -0.2) is 44.4 Å². The van der Waals surface area contributed by atoms with Crippen LogP contribution in [0.5, 0.6) is 5.75 Å². The van der Waals surface area contributed by atoms with E-state index in [4.69, 9.17) is 4.74 Å². The van der Waals surface area contributed by atoms with Crippen LogP contribution in [0.4, 0.5) is 0 Å². The molecule has 1 amide bonds. The average molecular weight is 397 g/mol. The summed E-state index contributed by atoms with van der Waals surface area (Å²) in [5.41, 5.74) is 0.803. The van der Waals surface area contributed by atoms with Crippen molar-refractivity contribution in [2.45, 2.75) is 64.3 Å². The molecule has 1 aromatic carbocycles. The van der Waals surface area contributed by atoms with E-state index >= 15 is 0 Å². The van der Waals surface area contributed by atoms with Crippen LogP contribution in [0.25, 0.3) is 0 Å². The quantitative estimate of drug-likeness (QED) is 0.733. The van der Waals surface area contributed by atoms with Gasteiger partial charge < -0.3 is 10.1 Å². The molecule has 1 N–H and O–H groups in total. The summed E-state index contributed by atoms with van der Waals surface area (Å²) in [7, 11) is -3.55. The highest BCUT2D eigenvalue weighted by Crippen LogP contribution is 2.27. The number of amides is 1. The summed E-state index contributed by atoms with van der Waals surface area (Å²) < 4.78 is 32.8. The van der Waals surface area contributed by atoms with Crippen LogP contribution >= 0.6 is 0 Å². The summed E-state index contributed by atoms with van der Waals surface area (Å²) in [6.07, 6.45) is 3.09. The van der Waals surface area contributed by atoms with E-state index in [1.807, 2.05) is 20.8 Å². The number of hydrogen-bond donors (Lipinski definition) is 1. The van der Waals surface area contributed by atoms with E-state index in [2.05, 4.69) is 12.2 Å². The van der Waals surface area contributed by atoms with Crippen molar-refractivity contribution >= 4 is 15.9 Å². The third kappa shape index (κ3) is 5.45. The molecule has 0 saturated carbocycles. The van der Waals surface area contributed by atoms with Gasteiger partial charge in [0.05, 0.1) is 11.5 Å². The molecule has 152 valence electrons. The second-order valence-electron chi connectivity index (χ2n) is 7.24. The zero-order valence-corrected chi connectivity index (χ0v) is 17.6. The Balaban J connectivity index is 2.00. The summed E-state index contributed by atoms with van der Waals surface area (Å²) in [6, 6.07) is 5.13. The number of sulfonamides is 1. The normalized spacial score (nSPS) is 17.5. The lowest BCUT2D eigenvalue weighted by atomic mass is 9.96. The van der Waals surface area contributed by atoms with Gasteiger partial charge in [-0.25, -0.2) is 8.42 Å². The zero-order valence-electron chi connectivity index (χ0n) is 16.8. The molecule has 1 fully saturated rings. The Kier molecular flexibility index (Phi) is 7.68. The summed E-state index contributed by atoms with van der Waals surface area (Å²) >= 11 is 0. The van der Waals surface area contributed by atoms with Crippen LogP contribution in [0.1, 0.15) is 52.0 Å². The van der Waals surface area contributed by atoms with Crippen molar-refractivity contribution in [1.29, 1.82) is 0 Å². The van der Waals surface area contributed by atoms with Crippen molar-refractivity contribution < 1.29 is 17.9 Å². The van der Waals surface area contributed by atoms with Gasteiger partial charge in [-0.2, -0.15) is 4.31 Å². The van der Waals surface area contributed by atoms with Crippen molar-refractivity contribution in [3.8, 4) is 5.75 Å². The van der Waals surface area contributed by atoms with Gasteiger partial charge in [0.15, 0.2) is 0 Å². The Morgan fingerprint density at radius 3 is 2.52 bits per heavy atom. The molecule has 2 rings (SSSR count). The van der Waals surface area contributed by atoms with E-state index in [-0.39, 0.29) is 22.8 Å². The number of carbonyl (C=O) groups is 1. The molecular weight excluding hydrogens is 364 g/mol. The molecule has 6 nitrogen and oxygen atoms in total. The van der Waals surface area contributed by atoms with E-state index in [0.717, 1.165) is 18.4 Å². The number of carbonyl (C=O) groups excluding carboxylic acids is 1. The summed E-state index contributed by atoms with van der Waals surface area (Å²) in [4.78, 5) is 12.6. The maximum atomic E-state index is 12.9. The summed E-state index contributed by atoms with van der Waals surface area (Å²) in [6.45, 7) is 9.12. The fraction of sp³-hybridized carbons (Fsp3) is 0.650. The highest BCUT2D eigenvalue weighted by atomic mass is 32.2. The Hall–Kier alpha value is -1.60. The molecule has 0 spiro atoms. The van der Waals surface area contributed by atoms with Gasteiger partial charge in [0.1, 0.15) is 5.75 Å². The van der Waals surface area contributed by atoms with Gasteiger partial charge in [-0.3, -0.25) is 4.79 Å². The van der Waals surface area contributed by atoms with Crippen molar-refractivity contribution in [1.82, 2.24) is 9.62 Å².